The summed E-state index contributed by atoms with van der Waals surface area (Å²) >= 11 is 0. The summed E-state index contributed by atoms with van der Waals surface area (Å²) in [6.45, 7) is 0.206. The number of nitriles is 1. The minimum absolute atomic E-state index is 0.0430. The highest BCUT2D eigenvalue weighted by atomic mass is 19.4. The quantitative estimate of drug-likeness (QED) is 0.610. The maximum Gasteiger partial charge on any atom is 0.433 e. The third-order valence-corrected chi connectivity index (χ3v) is 2.90. The number of aromatic nitrogens is 1. The zero-order chi connectivity index (χ0) is 15.6. The van der Waals surface area contributed by atoms with Crippen molar-refractivity contribution in [2.75, 3.05) is 24.6 Å². The fraction of sp³-hybridized carbons (Fsp3) is 0.455. The van der Waals surface area contributed by atoms with Crippen molar-refractivity contribution in [2.24, 2.45) is 0 Å². The van der Waals surface area contributed by atoms with Gasteiger partial charge in [-0.1, -0.05) is 0 Å². The van der Waals surface area contributed by atoms with E-state index in [1.54, 1.807) is 0 Å². The number of anilines is 1. The molecule has 0 aromatic carbocycles. The lowest BCUT2D eigenvalue weighted by Crippen LogP contribution is -2.42. The highest BCUT2D eigenvalue weighted by molar-refractivity contribution is 5.63. The summed E-state index contributed by atoms with van der Waals surface area (Å²) in [6, 6.07) is 2.45. The van der Waals surface area contributed by atoms with Crippen LogP contribution in [0.25, 0.3) is 0 Å². The van der Waals surface area contributed by atoms with Crippen molar-refractivity contribution in [1.29, 1.82) is 5.26 Å². The van der Waals surface area contributed by atoms with E-state index in [4.69, 9.17) is 10.00 Å². The van der Waals surface area contributed by atoms with Crippen molar-refractivity contribution in [3.63, 3.8) is 0 Å². The van der Waals surface area contributed by atoms with Gasteiger partial charge in [-0.15, -0.1) is 0 Å². The molecule has 0 N–H and O–H groups in total. The maximum atomic E-state index is 12.7. The van der Waals surface area contributed by atoms with Crippen LogP contribution in [-0.4, -0.2) is 35.7 Å². The summed E-state index contributed by atoms with van der Waals surface area (Å²) in [7, 11) is 0. The van der Waals surface area contributed by atoms with Crippen LogP contribution in [0.2, 0.25) is 0 Å². The average Bonchev–Trinajstić information content (AvgIpc) is 2.45. The number of morpholine rings is 1. The number of pyridine rings is 1. The Labute approximate surface area is 116 Å². The summed E-state index contributed by atoms with van der Waals surface area (Å²) in [5.41, 5.74) is -1.98. The van der Waals surface area contributed by atoms with E-state index in [0.29, 0.717) is 12.3 Å². The summed E-state index contributed by atoms with van der Waals surface area (Å²) in [5, 5.41) is 19.7. The Morgan fingerprint density at radius 2 is 2.29 bits per heavy atom. The van der Waals surface area contributed by atoms with E-state index in [1.807, 2.05) is 6.07 Å². The first-order valence-corrected chi connectivity index (χ1v) is 5.80. The topological polar surface area (TPSA) is 92.3 Å². The van der Waals surface area contributed by atoms with Crippen LogP contribution < -0.4 is 4.90 Å². The van der Waals surface area contributed by atoms with Crippen molar-refractivity contribution in [3.8, 4) is 6.07 Å². The molecule has 1 aromatic rings. The Hall–Kier alpha value is -2.41. The van der Waals surface area contributed by atoms with E-state index >= 15 is 0 Å². The maximum absolute atomic E-state index is 12.7. The number of nitrogens with zero attached hydrogens (tertiary/aromatic N) is 4. The highest BCUT2D eigenvalue weighted by Gasteiger charge is 2.36. The molecule has 112 valence electrons. The van der Waals surface area contributed by atoms with E-state index in [-0.39, 0.29) is 25.4 Å². The van der Waals surface area contributed by atoms with Gasteiger partial charge in [-0.25, -0.2) is 4.98 Å². The molecule has 1 atom stereocenters. The lowest BCUT2D eigenvalue weighted by atomic mass is 10.2. The molecule has 1 saturated heterocycles. The molecule has 0 spiro atoms. The van der Waals surface area contributed by atoms with E-state index in [0.717, 1.165) is 0 Å². The van der Waals surface area contributed by atoms with Gasteiger partial charge in [-0.3, -0.25) is 10.1 Å². The minimum atomic E-state index is -4.70. The van der Waals surface area contributed by atoms with Crippen LogP contribution in [0.3, 0.4) is 0 Å². The molecule has 0 aliphatic carbocycles. The van der Waals surface area contributed by atoms with Crippen molar-refractivity contribution in [3.05, 3.63) is 28.1 Å². The van der Waals surface area contributed by atoms with E-state index in [9.17, 15) is 23.3 Å². The lowest BCUT2D eigenvalue weighted by molar-refractivity contribution is -0.384. The predicted octanol–water partition coefficient (Wildman–Crippen LogP) is 1.74. The second kappa shape index (κ2) is 5.53. The number of hydrogen-bond acceptors (Lipinski definition) is 6. The van der Waals surface area contributed by atoms with Crippen molar-refractivity contribution >= 4 is 11.4 Å². The van der Waals surface area contributed by atoms with Gasteiger partial charge in [-0.2, -0.15) is 18.4 Å². The number of hydrogen-bond donors (Lipinski definition) is 0. The molecule has 1 unspecified atom stereocenters. The van der Waals surface area contributed by atoms with Gasteiger partial charge in [0, 0.05) is 6.54 Å². The van der Waals surface area contributed by atoms with Gasteiger partial charge >= 0.3 is 11.9 Å². The molecule has 0 radical (unpaired) electrons. The normalized spacial score (nSPS) is 19.1. The minimum Gasteiger partial charge on any atom is -0.360 e. The molecular formula is C11H9F3N4O3. The summed E-state index contributed by atoms with van der Waals surface area (Å²) in [4.78, 5) is 14.5. The fourth-order valence-electron chi connectivity index (χ4n) is 1.93. The monoisotopic (exact) mass is 302 g/mol. The van der Waals surface area contributed by atoms with E-state index < -0.39 is 28.6 Å². The second-order valence-corrected chi connectivity index (χ2v) is 4.25. The van der Waals surface area contributed by atoms with Gasteiger partial charge < -0.3 is 9.64 Å². The molecule has 0 amide bonds. The van der Waals surface area contributed by atoms with E-state index in [2.05, 4.69) is 4.98 Å². The smallest absolute Gasteiger partial charge is 0.360 e. The van der Waals surface area contributed by atoms with Gasteiger partial charge in [0.1, 0.15) is 17.6 Å². The Morgan fingerprint density at radius 3 is 2.86 bits per heavy atom. The third-order valence-electron chi connectivity index (χ3n) is 2.90. The van der Waals surface area contributed by atoms with Crippen LogP contribution in [0.15, 0.2) is 12.3 Å². The summed E-state index contributed by atoms with van der Waals surface area (Å²) in [5.74, 6) is 0. The largest absolute Gasteiger partial charge is 0.433 e. The molecular weight excluding hydrogens is 293 g/mol. The number of halogens is 3. The molecule has 2 heterocycles. The standard InChI is InChI=1S/C11H9F3N4O3/c12-11(13,14)10-3-8(9(5-16-10)18(19)20)17-1-2-21-7(4-15)6-17/h3,5,7H,1-2,6H2. The van der Waals surface area contributed by atoms with Crippen LogP contribution in [0.5, 0.6) is 0 Å². The van der Waals surface area contributed by atoms with Crippen LogP contribution in [0.1, 0.15) is 5.69 Å². The van der Waals surface area contributed by atoms with Gasteiger partial charge in [0.25, 0.3) is 0 Å². The first kappa shape index (κ1) is 15.0. The van der Waals surface area contributed by atoms with Gasteiger partial charge in [0.2, 0.25) is 0 Å². The average molecular weight is 302 g/mol. The zero-order valence-corrected chi connectivity index (χ0v) is 10.5. The molecule has 1 aromatic heterocycles. The summed E-state index contributed by atoms with van der Waals surface area (Å²) in [6.07, 6.45) is -4.97. The molecule has 7 nitrogen and oxygen atoms in total. The third kappa shape index (κ3) is 3.19. The number of alkyl halides is 3. The van der Waals surface area contributed by atoms with Crippen LogP contribution >= 0.6 is 0 Å². The predicted molar refractivity (Wildman–Crippen MR) is 63.5 cm³/mol. The molecule has 1 fully saturated rings. The van der Waals surface area contributed by atoms with E-state index in [1.165, 1.54) is 4.90 Å². The van der Waals surface area contributed by atoms with Crippen LogP contribution in [0.4, 0.5) is 24.5 Å². The van der Waals surface area contributed by atoms with Gasteiger partial charge in [-0.05, 0) is 6.07 Å². The summed E-state index contributed by atoms with van der Waals surface area (Å²) < 4.78 is 43.1. The molecule has 2 rings (SSSR count). The first-order chi connectivity index (χ1) is 9.82. The Kier molecular flexibility index (Phi) is 3.95. The highest BCUT2D eigenvalue weighted by Crippen LogP contribution is 2.35. The van der Waals surface area contributed by atoms with Crippen LogP contribution in [-0.2, 0) is 10.9 Å². The fourth-order valence-corrected chi connectivity index (χ4v) is 1.93. The number of ether oxygens (including phenoxy) is 1. The SMILES string of the molecule is N#CC1CN(c2cc(C(F)(F)F)ncc2[N+](=O)[O-])CCO1. The van der Waals surface area contributed by atoms with Crippen molar-refractivity contribution in [2.45, 2.75) is 12.3 Å². The number of rotatable bonds is 2. The van der Waals surface area contributed by atoms with Crippen molar-refractivity contribution < 1.29 is 22.8 Å². The lowest BCUT2D eigenvalue weighted by Gasteiger charge is -2.31. The van der Waals surface area contributed by atoms with Crippen LogP contribution in [0, 0.1) is 21.4 Å². The molecule has 1 aliphatic rings. The van der Waals surface area contributed by atoms with Crippen molar-refractivity contribution in [1.82, 2.24) is 4.98 Å². The first-order valence-electron chi connectivity index (χ1n) is 5.80. The Bertz CT molecular complexity index is 599. The molecule has 10 heteroatoms. The Balaban J connectivity index is 2.44. The Morgan fingerprint density at radius 1 is 1.57 bits per heavy atom. The zero-order valence-electron chi connectivity index (χ0n) is 10.5. The molecule has 1 aliphatic heterocycles. The van der Waals surface area contributed by atoms with Gasteiger partial charge in [0.15, 0.2) is 6.10 Å². The van der Waals surface area contributed by atoms with Gasteiger partial charge in [0.05, 0.1) is 24.1 Å². The molecule has 0 saturated carbocycles. The molecule has 21 heavy (non-hydrogen) atoms. The second-order valence-electron chi connectivity index (χ2n) is 4.25. The number of nitro groups is 1. The molecule has 0 bridgehead atoms.